The molecule has 20 heavy (non-hydrogen) atoms. The normalized spacial score (nSPS) is 10.6. The summed E-state index contributed by atoms with van der Waals surface area (Å²) in [5.74, 6) is -0.436. The van der Waals surface area contributed by atoms with Gasteiger partial charge < -0.3 is 9.47 Å². The van der Waals surface area contributed by atoms with Gasteiger partial charge in [0.15, 0.2) is 5.13 Å². The Bertz CT molecular complexity index is 445. The van der Waals surface area contributed by atoms with Crippen LogP contribution in [-0.2, 0) is 25.5 Å². The molecule has 1 aromatic heterocycles. The average Bonchev–Trinajstić information content (AvgIpc) is 2.83. The number of hydrogen-bond donors (Lipinski definition) is 1. The molecule has 1 heterocycles. The molecule has 1 N–H and O–H groups in total. The summed E-state index contributed by atoms with van der Waals surface area (Å²) in [5.41, 5.74) is 0.860. The highest BCUT2D eigenvalue weighted by Gasteiger charge is 2.08. The molecule has 7 heteroatoms. The molecule has 0 aliphatic carbocycles. The summed E-state index contributed by atoms with van der Waals surface area (Å²) in [6, 6.07) is 0. The van der Waals surface area contributed by atoms with Gasteiger partial charge in [-0.15, -0.1) is 11.3 Å². The van der Waals surface area contributed by atoms with E-state index in [-0.39, 0.29) is 24.6 Å². The molecule has 1 aromatic rings. The molecule has 1 rings (SSSR count). The largest absolute Gasteiger partial charge is 0.469 e. The Labute approximate surface area is 122 Å². The molecule has 0 atom stereocenters. The van der Waals surface area contributed by atoms with Gasteiger partial charge >= 0.3 is 5.97 Å². The predicted octanol–water partition coefficient (Wildman–Crippen LogP) is 2.00. The summed E-state index contributed by atoms with van der Waals surface area (Å²) < 4.78 is 9.76. The van der Waals surface area contributed by atoms with Crippen LogP contribution in [0.15, 0.2) is 5.38 Å². The smallest absolute Gasteiger partial charge is 0.305 e. The van der Waals surface area contributed by atoms with Crippen LogP contribution in [-0.4, -0.2) is 36.7 Å². The van der Waals surface area contributed by atoms with E-state index in [1.165, 1.54) is 18.4 Å². The van der Waals surface area contributed by atoms with E-state index < -0.39 is 0 Å². The number of nitrogens with one attached hydrogen (secondary N) is 1. The zero-order valence-corrected chi connectivity index (χ0v) is 12.8. The first kappa shape index (κ1) is 16.6. The average molecular weight is 300 g/mol. The van der Waals surface area contributed by atoms with Crippen LogP contribution in [0.2, 0.25) is 0 Å². The number of hydrogen-bond acceptors (Lipinski definition) is 6. The molecule has 0 aliphatic heterocycles. The van der Waals surface area contributed by atoms with Crippen LogP contribution in [0.1, 0.15) is 32.4 Å². The van der Waals surface area contributed by atoms with Crippen molar-refractivity contribution in [2.75, 3.05) is 19.0 Å². The molecule has 0 unspecified atom stereocenters. The van der Waals surface area contributed by atoms with Gasteiger partial charge in [0, 0.05) is 11.8 Å². The Morgan fingerprint density at radius 3 is 2.85 bits per heavy atom. The molecule has 0 saturated carbocycles. The summed E-state index contributed by atoms with van der Waals surface area (Å²) in [4.78, 5) is 26.8. The van der Waals surface area contributed by atoms with E-state index in [1.54, 1.807) is 0 Å². The molecule has 0 bridgehead atoms. The first-order valence-corrected chi connectivity index (χ1v) is 7.32. The van der Waals surface area contributed by atoms with E-state index in [9.17, 15) is 9.59 Å². The van der Waals surface area contributed by atoms with Crippen molar-refractivity contribution in [2.45, 2.75) is 39.2 Å². The second-order valence-electron chi connectivity index (χ2n) is 4.48. The fourth-order valence-corrected chi connectivity index (χ4v) is 2.15. The third-order valence-electron chi connectivity index (χ3n) is 2.39. The minimum atomic E-state index is -0.223. The van der Waals surface area contributed by atoms with Crippen molar-refractivity contribution in [1.82, 2.24) is 4.98 Å². The summed E-state index contributed by atoms with van der Waals surface area (Å²) in [7, 11) is 1.37. The molecular weight excluding hydrogens is 280 g/mol. The number of carbonyl (C=O) groups excluding carboxylic acids is 2. The van der Waals surface area contributed by atoms with Crippen molar-refractivity contribution in [3.8, 4) is 0 Å². The van der Waals surface area contributed by atoms with Crippen molar-refractivity contribution in [2.24, 2.45) is 0 Å². The number of thiazole rings is 1. The van der Waals surface area contributed by atoms with Gasteiger partial charge in [-0.1, -0.05) is 0 Å². The van der Waals surface area contributed by atoms with Gasteiger partial charge in [0.25, 0.3) is 5.91 Å². The van der Waals surface area contributed by atoms with Crippen molar-refractivity contribution in [1.29, 1.82) is 0 Å². The molecular formula is C13H20N2O4S. The number of aryl methyl sites for hydroxylation is 1. The monoisotopic (exact) mass is 300 g/mol. The number of nitrogens with zero attached hydrogens (tertiary/aromatic N) is 1. The summed E-state index contributed by atoms with van der Waals surface area (Å²) in [6.07, 6.45) is 1.76. The van der Waals surface area contributed by atoms with E-state index in [4.69, 9.17) is 4.74 Å². The first-order chi connectivity index (χ1) is 9.51. The quantitative estimate of drug-likeness (QED) is 0.743. The lowest BCUT2D eigenvalue weighted by molar-refractivity contribution is -0.140. The third kappa shape index (κ3) is 6.63. The number of anilines is 1. The molecule has 112 valence electrons. The van der Waals surface area contributed by atoms with Crippen LogP contribution in [0.4, 0.5) is 5.13 Å². The number of esters is 1. The Kier molecular flexibility index (Phi) is 7.17. The molecule has 1 amide bonds. The molecule has 0 aliphatic rings. The number of carbonyl (C=O) groups is 2. The number of methoxy groups -OCH3 is 1. The molecule has 0 saturated heterocycles. The van der Waals surface area contributed by atoms with Gasteiger partial charge in [-0.25, -0.2) is 4.98 Å². The van der Waals surface area contributed by atoms with Crippen LogP contribution < -0.4 is 5.32 Å². The maximum atomic E-state index is 11.5. The number of aromatic nitrogens is 1. The fourth-order valence-electron chi connectivity index (χ4n) is 1.39. The van der Waals surface area contributed by atoms with Gasteiger partial charge in [-0.05, 0) is 26.7 Å². The number of ether oxygens (including phenoxy) is 2. The van der Waals surface area contributed by atoms with Crippen molar-refractivity contribution >= 4 is 28.3 Å². The summed E-state index contributed by atoms with van der Waals surface area (Å²) >= 11 is 1.36. The third-order valence-corrected chi connectivity index (χ3v) is 3.19. The van der Waals surface area contributed by atoms with Gasteiger partial charge in [0.2, 0.25) is 0 Å². The molecule has 0 radical (unpaired) electrons. The lowest BCUT2D eigenvalue weighted by Gasteiger charge is -2.06. The second-order valence-corrected chi connectivity index (χ2v) is 5.34. The maximum absolute atomic E-state index is 11.5. The predicted molar refractivity (Wildman–Crippen MR) is 76.8 cm³/mol. The molecule has 0 fully saturated rings. The first-order valence-electron chi connectivity index (χ1n) is 6.44. The van der Waals surface area contributed by atoms with Gasteiger partial charge in [-0.3, -0.25) is 14.9 Å². The van der Waals surface area contributed by atoms with E-state index in [0.29, 0.717) is 24.4 Å². The summed E-state index contributed by atoms with van der Waals surface area (Å²) in [6.45, 7) is 3.76. The Balaban J connectivity index is 2.32. The summed E-state index contributed by atoms with van der Waals surface area (Å²) in [5, 5.41) is 5.10. The number of amides is 1. The van der Waals surface area contributed by atoms with E-state index >= 15 is 0 Å². The van der Waals surface area contributed by atoms with Crippen LogP contribution >= 0.6 is 11.3 Å². The van der Waals surface area contributed by atoms with E-state index in [2.05, 4.69) is 15.0 Å². The molecule has 6 nitrogen and oxygen atoms in total. The zero-order valence-electron chi connectivity index (χ0n) is 12.0. The van der Waals surface area contributed by atoms with Crippen molar-refractivity contribution < 1.29 is 19.1 Å². The SMILES string of the molecule is COC(=O)CCCc1csc(NC(=O)COC(C)C)n1. The standard InChI is InChI=1S/C13H20N2O4S/c1-9(2)19-7-11(16)15-13-14-10(8-20-13)5-4-6-12(17)18-3/h8-9H,4-7H2,1-3H3,(H,14,15,16). The minimum Gasteiger partial charge on any atom is -0.469 e. The highest BCUT2D eigenvalue weighted by molar-refractivity contribution is 7.13. The topological polar surface area (TPSA) is 77.5 Å². The van der Waals surface area contributed by atoms with E-state index in [1.807, 2.05) is 19.2 Å². The molecule has 0 aromatic carbocycles. The minimum absolute atomic E-state index is 0.0194. The second kappa shape index (κ2) is 8.65. The Hall–Kier alpha value is -1.47. The zero-order chi connectivity index (χ0) is 15.0. The fraction of sp³-hybridized carbons (Fsp3) is 0.615. The lowest BCUT2D eigenvalue weighted by atomic mass is 10.2. The maximum Gasteiger partial charge on any atom is 0.305 e. The van der Waals surface area contributed by atoms with Crippen LogP contribution in [0, 0.1) is 0 Å². The van der Waals surface area contributed by atoms with Crippen LogP contribution in [0.3, 0.4) is 0 Å². The van der Waals surface area contributed by atoms with Crippen molar-refractivity contribution in [3.63, 3.8) is 0 Å². The number of rotatable bonds is 8. The van der Waals surface area contributed by atoms with Gasteiger partial charge in [-0.2, -0.15) is 0 Å². The Morgan fingerprint density at radius 1 is 1.45 bits per heavy atom. The van der Waals surface area contributed by atoms with Crippen LogP contribution in [0.25, 0.3) is 0 Å². The Morgan fingerprint density at radius 2 is 2.20 bits per heavy atom. The van der Waals surface area contributed by atoms with Crippen LogP contribution in [0.5, 0.6) is 0 Å². The van der Waals surface area contributed by atoms with Crippen molar-refractivity contribution in [3.05, 3.63) is 11.1 Å². The highest BCUT2D eigenvalue weighted by atomic mass is 32.1. The highest BCUT2D eigenvalue weighted by Crippen LogP contribution is 2.17. The van der Waals surface area contributed by atoms with Gasteiger partial charge in [0.1, 0.15) is 6.61 Å². The lowest BCUT2D eigenvalue weighted by Crippen LogP contribution is -2.20. The van der Waals surface area contributed by atoms with E-state index in [0.717, 1.165) is 5.69 Å². The molecule has 0 spiro atoms. The van der Waals surface area contributed by atoms with Gasteiger partial charge in [0.05, 0.1) is 18.9 Å².